The van der Waals surface area contributed by atoms with Crippen LogP contribution in [-0.2, 0) is 0 Å². The average molecular weight is 147 g/mol. The maximum atomic E-state index is 8.52. The zero-order chi connectivity index (χ0) is 8.41. The van der Waals surface area contributed by atoms with Crippen molar-refractivity contribution in [1.82, 2.24) is 5.06 Å². The van der Waals surface area contributed by atoms with E-state index < -0.39 is 0 Å². The fourth-order valence-corrected chi connectivity index (χ4v) is 0.387. The van der Waals surface area contributed by atoms with Gasteiger partial charge >= 0.3 is 0 Å². The highest BCUT2D eigenvalue weighted by Crippen LogP contribution is 1.85. The Hall–Kier alpha value is -0.0800. The predicted molar refractivity (Wildman–Crippen MR) is 45.3 cm³/mol. The Bertz CT molecular complexity index is 46.5. The summed E-state index contributed by atoms with van der Waals surface area (Å²) in [5, 5.41) is 9.73. The summed E-state index contributed by atoms with van der Waals surface area (Å²) in [5.74, 6) is 0. The number of hydroxylamine groups is 2. The van der Waals surface area contributed by atoms with Crippen molar-refractivity contribution < 1.29 is 5.21 Å². The molecule has 2 nitrogen and oxygen atoms in total. The molecule has 0 fully saturated rings. The quantitative estimate of drug-likeness (QED) is 0.620. The lowest BCUT2D eigenvalue weighted by atomic mass is 10.3. The Balaban J connectivity index is 0. The summed E-state index contributed by atoms with van der Waals surface area (Å²) in [6, 6.07) is 0. The minimum atomic E-state index is 0.788. The second-order valence-electron chi connectivity index (χ2n) is 2.44. The second kappa shape index (κ2) is 11.7. The van der Waals surface area contributed by atoms with E-state index in [1.165, 1.54) is 11.5 Å². The fourth-order valence-electron chi connectivity index (χ4n) is 0.387. The molecule has 64 valence electrons. The third-order valence-corrected chi connectivity index (χ3v) is 0.835. The summed E-state index contributed by atoms with van der Waals surface area (Å²) in [5.41, 5.74) is 0. The summed E-state index contributed by atoms with van der Waals surface area (Å²) in [6.45, 7) is 7.14. The van der Waals surface area contributed by atoms with Crippen LogP contribution >= 0.6 is 0 Å². The molecule has 0 aromatic rings. The van der Waals surface area contributed by atoms with Crippen LogP contribution < -0.4 is 0 Å². The number of unbranched alkanes of at least 4 members (excludes halogenated alkanes) is 1. The largest absolute Gasteiger partial charge is 0.314 e. The van der Waals surface area contributed by atoms with E-state index in [2.05, 4.69) is 20.8 Å². The Kier molecular flexibility index (Phi) is 14.7. The lowest BCUT2D eigenvalue weighted by Crippen LogP contribution is -2.13. The van der Waals surface area contributed by atoms with E-state index in [1.54, 1.807) is 7.05 Å². The van der Waals surface area contributed by atoms with Gasteiger partial charge in [0.15, 0.2) is 0 Å². The normalized spacial score (nSPS) is 9.00. The highest BCUT2D eigenvalue weighted by atomic mass is 16.5. The molecule has 0 rings (SSSR count). The molecule has 1 N–H and O–H groups in total. The van der Waals surface area contributed by atoms with Crippen molar-refractivity contribution in [2.45, 2.75) is 40.0 Å². The summed E-state index contributed by atoms with van der Waals surface area (Å²) in [4.78, 5) is 0. The van der Waals surface area contributed by atoms with Crippen molar-refractivity contribution in [3.63, 3.8) is 0 Å². The predicted octanol–water partition coefficient (Wildman–Crippen LogP) is 2.52. The molecule has 10 heavy (non-hydrogen) atoms. The van der Waals surface area contributed by atoms with Gasteiger partial charge in [-0.05, 0) is 6.42 Å². The Labute approximate surface area is 64.8 Å². The van der Waals surface area contributed by atoms with Crippen LogP contribution in [-0.4, -0.2) is 23.9 Å². The van der Waals surface area contributed by atoms with Gasteiger partial charge in [-0.2, -0.15) is 5.06 Å². The van der Waals surface area contributed by atoms with Crippen LogP contribution in [0, 0.1) is 0 Å². The number of nitrogens with zero attached hydrogens (tertiary/aromatic N) is 1. The van der Waals surface area contributed by atoms with Gasteiger partial charge in [-0.15, -0.1) is 0 Å². The number of rotatable bonds is 3. The first-order valence-electron chi connectivity index (χ1n) is 4.08. The molecule has 0 radical (unpaired) electrons. The Morgan fingerprint density at radius 1 is 1.20 bits per heavy atom. The smallest absolute Gasteiger partial charge is 0.0234 e. The number of hydrogen-bond donors (Lipinski definition) is 1. The summed E-state index contributed by atoms with van der Waals surface area (Å²) < 4.78 is 0. The molecule has 2 heteroatoms. The zero-order valence-electron chi connectivity index (χ0n) is 7.72. The van der Waals surface area contributed by atoms with E-state index in [9.17, 15) is 0 Å². The minimum absolute atomic E-state index is 0.788. The molecule has 0 aromatic carbocycles. The van der Waals surface area contributed by atoms with Crippen molar-refractivity contribution in [1.29, 1.82) is 0 Å². The van der Waals surface area contributed by atoms with Gasteiger partial charge in [-0.25, -0.2) is 0 Å². The topological polar surface area (TPSA) is 23.5 Å². The highest BCUT2D eigenvalue weighted by molar-refractivity contribution is 4.34. The molecule has 0 amide bonds. The maximum Gasteiger partial charge on any atom is 0.0234 e. The van der Waals surface area contributed by atoms with Gasteiger partial charge in [0.25, 0.3) is 0 Å². The average Bonchev–Trinajstić information content (AvgIpc) is 1.85. The summed E-state index contributed by atoms with van der Waals surface area (Å²) in [7, 11) is 1.66. The third kappa shape index (κ3) is 24.7. The molecule has 0 aliphatic rings. The molecule has 0 aliphatic heterocycles. The van der Waals surface area contributed by atoms with Crippen LogP contribution in [0.2, 0.25) is 0 Å². The van der Waals surface area contributed by atoms with Crippen molar-refractivity contribution in [3.05, 3.63) is 0 Å². The van der Waals surface area contributed by atoms with Gasteiger partial charge in [0.2, 0.25) is 0 Å². The van der Waals surface area contributed by atoms with Gasteiger partial charge in [0, 0.05) is 13.6 Å². The standard InChI is InChI=1S/C5H13NO.C3H8/c1-3-4-5-6(2)7;1-3-2/h7H,3-5H2,1-2H3;3H2,1-2H3. The third-order valence-electron chi connectivity index (χ3n) is 0.835. The van der Waals surface area contributed by atoms with E-state index in [0.29, 0.717) is 0 Å². The van der Waals surface area contributed by atoms with Crippen LogP contribution in [0.4, 0.5) is 0 Å². The van der Waals surface area contributed by atoms with Crippen molar-refractivity contribution in [3.8, 4) is 0 Å². The van der Waals surface area contributed by atoms with E-state index in [-0.39, 0.29) is 0 Å². The SMILES string of the molecule is CCC.CCCCN(C)O. The molecular weight excluding hydrogens is 126 g/mol. The lowest BCUT2D eigenvalue weighted by molar-refractivity contribution is -0.0652. The molecule has 0 bridgehead atoms. The molecule has 0 spiro atoms. The van der Waals surface area contributed by atoms with Gasteiger partial charge in [-0.3, -0.25) is 0 Å². The van der Waals surface area contributed by atoms with Crippen molar-refractivity contribution in [2.24, 2.45) is 0 Å². The van der Waals surface area contributed by atoms with Gasteiger partial charge in [0.1, 0.15) is 0 Å². The van der Waals surface area contributed by atoms with Crippen LogP contribution in [0.5, 0.6) is 0 Å². The van der Waals surface area contributed by atoms with Crippen LogP contribution in [0.15, 0.2) is 0 Å². The second-order valence-corrected chi connectivity index (χ2v) is 2.44. The van der Waals surface area contributed by atoms with E-state index >= 15 is 0 Å². The van der Waals surface area contributed by atoms with Crippen molar-refractivity contribution >= 4 is 0 Å². The summed E-state index contributed by atoms with van der Waals surface area (Å²) in [6.07, 6.45) is 3.47. The monoisotopic (exact) mass is 147 g/mol. The first-order chi connectivity index (χ1) is 4.68. The molecular formula is C8H21NO. The van der Waals surface area contributed by atoms with Gasteiger partial charge in [0.05, 0.1) is 0 Å². The van der Waals surface area contributed by atoms with Gasteiger partial charge < -0.3 is 5.21 Å². The molecule has 0 aromatic heterocycles. The van der Waals surface area contributed by atoms with E-state index in [4.69, 9.17) is 5.21 Å². The first-order valence-corrected chi connectivity index (χ1v) is 4.08. The van der Waals surface area contributed by atoms with Crippen LogP contribution in [0.3, 0.4) is 0 Å². The van der Waals surface area contributed by atoms with E-state index in [0.717, 1.165) is 19.4 Å². The fraction of sp³-hybridized carbons (Fsp3) is 1.00. The first kappa shape index (κ1) is 12.6. The van der Waals surface area contributed by atoms with Crippen molar-refractivity contribution in [2.75, 3.05) is 13.6 Å². The molecule has 0 heterocycles. The highest BCUT2D eigenvalue weighted by Gasteiger charge is 1.85. The molecule has 0 atom stereocenters. The minimum Gasteiger partial charge on any atom is -0.314 e. The molecule has 0 saturated heterocycles. The number of hydrogen-bond acceptors (Lipinski definition) is 2. The molecule has 0 unspecified atom stereocenters. The van der Waals surface area contributed by atoms with Gasteiger partial charge in [-0.1, -0.05) is 33.6 Å². The van der Waals surface area contributed by atoms with E-state index in [1.807, 2.05) is 0 Å². The molecule has 0 saturated carbocycles. The zero-order valence-corrected chi connectivity index (χ0v) is 7.72. The summed E-state index contributed by atoms with van der Waals surface area (Å²) >= 11 is 0. The van der Waals surface area contributed by atoms with Crippen LogP contribution in [0.1, 0.15) is 40.0 Å². The lowest BCUT2D eigenvalue weighted by Gasteiger charge is -2.03. The van der Waals surface area contributed by atoms with Crippen LogP contribution in [0.25, 0.3) is 0 Å². The maximum absolute atomic E-state index is 8.52. The Morgan fingerprint density at radius 3 is 1.70 bits per heavy atom. The Morgan fingerprint density at radius 2 is 1.60 bits per heavy atom. The molecule has 0 aliphatic carbocycles.